The summed E-state index contributed by atoms with van der Waals surface area (Å²) in [6.07, 6.45) is 0.127. The summed E-state index contributed by atoms with van der Waals surface area (Å²) in [5.41, 5.74) is -0.243. The SMILES string of the molecule is CC(C)C(O)CN1C(=O)CC(C)(C)CC1=O. The molecule has 4 heteroatoms. The summed E-state index contributed by atoms with van der Waals surface area (Å²) < 4.78 is 0. The summed E-state index contributed by atoms with van der Waals surface area (Å²) in [6.45, 7) is 7.70. The maximum Gasteiger partial charge on any atom is 0.229 e. The fourth-order valence-electron chi connectivity index (χ4n) is 1.81. The Kier molecular flexibility index (Phi) is 3.73. The van der Waals surface area contributed by atoms with Crippen LogP contribution in [0, 0.1) is 11.3 Å². The van der Waals surface area contributed by atoms with Crippen molar-refractivity contribution in [3.05, 3.63) is 0 Å². The lowest BCUT2D eigenvalue weighted by Gasteiger charge is -2.36. The quantitative estimate of drug-likeness (QED) is 0.736. The molecular weight excluding hydrogens is 206 g/mol. The monoisotopic (exact) mass is 227 g/mol. The van der Waals surface area contributed by atoms with Crippen molar-refractivity contribution in [2.75, 3.05) is 6.54 Å². The topological polar surface area (TPSA) is 57.6 Å². The van der Waals surface area contributed by atoms with Crippen LogP contribution in [0.2, 0.25) is 0 Å². The molecule has 1 N–H and O–H groups in total. The summed E-state index contributed by atoms with van der Waals surface area (Å²) in [4.78, 5) is 24.7. The van der Waals surface area contributed by atoms with Gasteiger partial charge in [-0.2, -0.15) is 0 Å². The first-order valence-electron chi connectivity index (χ1n) is 5.74. The van der Waals surface area contributed by atoms with Gasteiger partial charge < -0.3 is 5.11 Å². The van der Waals surface area contributed by atoms with E-state index in [1.54, 1.807) is 0 Å². The number of nitrogens with zero attached hydrogens (tertiary/aromatic N) is 1. The molecule has 1 aliphatic rings. The first-order chi connectivity index (χ1) is 7.23. The van der Waals surface area contributed by atoms with Gasteiger partial charge in [-0.05, 0) is 11.3 Å². The maximum atomic E-state index is 11.8. The Balaban J connectivity index is 2.68. The minimum absolute atomic E-state index is 0.0514. The highest BCUT2D eigenvalue weighted by molar-refractivity contribution is 5.98. The van der Waals surface area contributed by atoms with Crippen LogP contribution in [0.15, 0.2) is 0 Å². The number of β-amino-alcohol motifs (C(OH)–C–C–N with tert-alkyl or cyclic N) is 1. The van der Waals surface area contributed by atoms with Crippen LogP contribution in [0.3, 0.4) is 0 Å². The third-order valence-electron chi connectivity index (χ3n) is 3.00. The molecule has 92 valence electrons. The molecule has 1 saturated heterocycles. The number of hydrogen-bond acceptors (Lipinski definition) is 3. The van der Waals surface area contributed by atoms with Crippen LogP contribution in [0.4, 0.5) is 0 Å². The molecule has 1 fully saturated rings. The molecule has 0 aromatic carbocycles. The number of likely N-dealkylation sites (tertiary alicyclic amines) is 1. The van der Waals surface area contributed by atoms with Crippen molar-refractivity contribution in [2.45, 2.75) is 46.6 Å². The number of carbonyl (C=O) groups excluding carboxylic acids is 2. The Hall–Kier alpha value is -0.900. The van der Waals surface area contributed by atoms with Crippen LogP contribution in [-0.2, 0) is 9.59 Å². The van der Waals surface area contributed by atoms with E-state index in [1.165, 1.54) is 4.90 Å². The highest BCUT2D eigenvalue weighted by Crippen LogP contribution is 2.31. The highest BCUT2D eigenvalue weighted by Gasteiger charge is 2.38. The van der Waals surface area contributed by atoms with E-state index in [1.807, 2.05) is 27.7 Å². The molecule has 0 aromatic heterocycles. The van der Waals surface area contributed by atoms with E-state index in [9.17, 15) is 14.7 Å². The zero-order valence-electron chi connectivity index (χ0n) is 10.5. The van der Waals surface area contributed by atoms with Gasteiger partial charge in [0.1, 0.15) is 0 Å². The smallest absolute Gasteiger partial charge is 0.229 e. The van der Waals surface area contributed by atoms with Gasteiger partial charge in [0.05, 0.1) is 12.6 Å². The van der Waals surface area contributed by atoms with Crippen molar-refractivity contribution in [3.63, 3.8) is 0 Å². The van der Waals surface area contributed by atoms with Crippen LogP contribution in [0.5, 0.6) is 0 Å². The van der Waals surface area contributed by atoms with Crippen LogP contribution in [0.25, 0.3) is 0 Å². The van der Waals surface area contributed by atoms with E-state index < -0.39 is 6.10 Å². The number of rotatable bonds is 3. The lowest BCUT2D eigenvalue weighted by atomic mass is 9.81. The van der Waals surface area contributed by atoms with E-state index in [4.69, 9.17) is 0 Å². The predicted molar refractivity (Wildman–Crippen MR) is 60.6 cm³/mol. The average molecular weight is 227 g/mol. The van der Waals surface area contributed by atoms with Gasteiger partial charge in [0.15, 0.2) is 0 Å². The van der Waals surface area contributed by atoms with Crippen molar-refractivity contribution < 1.29 is 14.7 Å². The van der Waals surface area contributed by atoms with Crippen LogP contribution in [0.1, 0.15) is 40.5 Å². The molecular formula is C12H21NO3. The van der Waals surface area contributed by atoms with E-state index in [0.29, 0.717) is 12.8 Å². The molecule has 1 unspecified atom stereocenters. The molecule has 1 heterocycles. The Morgan fingerprint density at radius 3 is 2.06 bits per heavy atom. The normalized spacial score (nSPS) is 22.8. The summed E-state index contributed by atoms with van der Waals surface area (Å²) >= 11 is 0. The second-order valence-corrected chi connectivity index (χ2v) is 5.73. The molecule has 0 saturated carbocycles. The largest absolute Gasteiger partial charge is 0.391 e. The van der Waals surface area contributed by atoms with Gasteiger partial charge >= 0.3 is 0 Å². The lowest BCUT2D eigenvalue weighted by molar-refractivity contribution is -0.154. The Morgan fingerprint density at radius 1 is 1.25 bits per heavy atom. The summed E-state index contributed by atoms with van der Waals surface area (Å²) in [6, 6.07) is 0. The van der Waals surface area contributed by atoms with Crippen molar-refractivity contribution in [2.24, 2.45) is 11.3 Å². The minimum atomic E-state index is -0.630. The molecule has 16 heavy (non-hydrogen) atoms. The molecule has 1 atom stereocenters. The third kappa shape index (κ3) is 3.04. The summed E-state index contributed by atoms with van der Waals surface area (Å²) in [7, 11) is 0. The maximum absolute atomic E-state index is 11.8. The van der Waals surface area contributed by atoms with Crippen LogP contribution < -0.4 is 0 Å². The number of piperidine rings is 1. The zero-order valence-corrected chi connectivity index (χ0v) is 10.5. The molecule has 0 spiro atoms. The van der Waals surface area contributed by atoms with Gasteiger partial charge in [-0.25, -0.2) is 0 Å². The van der Waals surface area contributed by atoms with Crippen molar-refractivity contribution in [1.82, 2.24) is 4.90 Å². The van der Waals surface area contributed by atoms with Crippen LogP contribution in [-0.4, -0.2) is 34.5 Å². The average Bonchev–Trinajstić information content (AvgIpc) is 2.09. The number of aliphatic hydroxyl groups excluding tert-OH is 1. The first kappa shape index (κ1) is 13.2. The van der Waals surface area contributed by atoms with Gasteiger partial charge in [-0.3, -0.25) is 14.5 Å². The highest BCUT2D eigenvalue weighted by atomic mass is 16.3. The second-order valence-electron chi connectivity index (χ2n) is 5.73. The van der Waals surface area contributed by atoms with Crippen molar-refractivity contribution >= 4 is 11.8 Å². The lowest BCUT2D eigenvalue weighted by Crippen LogP contribution is -2.49. The molecule has 0 aliphatic carbocycles. The number of imide groups is 1. The van der Waals surface area contributed by atoms with Gasteiger partial charge in [0.2, 0.25) is 11.8 Å². The fraction of sp³-hybridized carbons (Fsp3) is 0.833. The van der Waals surface area contributed by atoms with Gasteiger partial charge in [-0.15, -0.1) is 0 Å². The van der Waals surface area contributed by atoms with E-state index >= 15 is 0 Å². The summed E-state index contributed by atoms with van der Waals surface area (Å²) in [5, 5.41) is 9.70. The molecule has 0 aromatic rings. The third-order valence-corrected chi connectivity index (χ3v) is 3.00. The second kappa shape index (κ2) is 4.53. The van der Waals surface area contributed by atoms with Crippen LogP contribution >= 0.6 is 0 Å². The minimum Gasteiger partial charge on any atom is -0.391 e. The van der Waals surface area contributed by atoms with E-state index in [2.05, 4.69) is 0 Å². The predicted octanol–water partition coefficient (Wildman–Crippen LogP) is 1.18. The Morgan fingerprint density at radius 2 is 1.69 bits per heavy atom. The van der Waals surface area contributed by atoms with E-state index in [-0.39, 0.29) is 29.7 Å². The van der Waals surface area contributed by atoms with Gasteiger partial charge in [-0.1, -0.05) is 27.7 Å². The number of aliphatic hydroxyl groups is 1. The fourth-order valence-corrected chi connectivity index (χ4v) is 1.81. The Labute approximate surface area is 96.6 Å². The van der Waals surface area contributed by atoms with E-state index in [0.717, 1.165) is 0 Å². The molecule has 2 amide bonds. The number of carbonyl (C=O) groups is 2. The number of hydrogen-bond donors (Lipinski definition) is 1. The molecule has 4 nitrogen and oxygen atoms in total. The zero-order chi connectivity index (χ0) is 12.5. The summed E-state index contributed by atoms with van der Waals surface area (Å²) in [5.74, 6) is -0.280. The van der Waals surface area contributed by atoms with Crippen molar-refractivity contribution in [3.8, 4) is 0 Å². The Bertz CT molecular complexity index is 277. The molecule has 1 rings (SSSR count). The standard InChI is InChI=1S/C12H21NO3/c1-8(2)9(14)7-13-10(15)5-12(3,4)6-11(13)16/h8-9,14H,5-7H2,1-4H3. The first-order valence-corrected chi connectivity index (χ1v) is 5.74. The molecule has 0 bridgehead atoms. The molecule has 1 aliphatic heterocycles. The molecule has 0 radical (unpaired) electrons. The van der Waals surface area contributed by atoms with Gasteiger partial charge in [0, 0.05) is 12.8 Å². The van der Waals surface area contributed by atoms with Gasteiger partial charge in [0.25, 0.3) is 0 Å². The van der Waals surface area contributed by atoms with Crippen molar-refractivity contribution in [1.29, 1.82) is 0 Å². The number of amides is 2.